The highest BCUT2D eigenvalue weighted by atomic mass is 16.4. The summed E-state index contributed by atoms with van der Waals surface area (Å²) in [5.41, 5.74) is 0.176. The molecular weight excluding hydrogens is 152 g/mol. The Balaban J connectivity index is 0. The second-order valence-corrected chi connectivity index (χ2v) is 1.94. The van der Waals surface area contributed by atoms with Crippen LogP contribution in [0.2, 0.25) is 0 Å². The van der Waals surface area contributed by atoms with Crippen molar-refractivity contribution in [1.82, 2.24) is 0 Å². The Hall–Kier alpha value is -1.57. The molecule has 0 heterocycles. The molecule has 0 saturated heterocycles. The van der Waals surface area contributed by atoms with Gasteiger partial charge >= 0.3 is 5.97 Å². The smallest absolute Gasteiger partial charge is 0.330 e. The van der Waals surface area contributed by atoms with Crippen molar-refractivity contribution in [2.24, 2.45) is 0 Å². The molecule has 0 fully saturated rings. The van der Waals surface area contributed by atoms with Gasteiger partial charge < -0.3 is 5.11 Å². The van der Waals surface area contributed by atoms with Crippen molar-refractivity contribution in [3.8, 4) is 0 Å². The molecule has 0 rings (SSSR count). The van der Waals surface area contributed by atoms with Crippen LogP contribution in [-0.2, 0) is 4.79 Å². The van der Waals surface area contributed by atoms with Crippen molar-refractivity contribution >= 4 is 5.97 Å². The van der Waals surface area contributed by atoms with E-state index in [-0.39, 0.29) is 5.57 Å². The van der Waals surface area contributed by atoms with E-state index in [1.807, 2.05) is 12.2 Å². The second-order valence-electron chi connectivity index (χ2n) is 1.94. The zero-order valence-electron chi connectivity index (χ0n) is 7.29. The molecule has 1 N–H and O–H groups in total. The Morgan fingerprint density at radius 3 is 1.58 bits per heavy atom. The molecule has 0 spiro atoms. The fourth-order valence-corrected chi connectivity index (χ4v) is 0.157. The molecule has 0 radical (unpaired) electrons. The SMILES string of the molecule is C=C(C)C(=O)O.C=CC=CC=C. The van der Waals surface area contributed by atoms with Crippen LogP contribution in [0.3, 0.4) is 0 Å². The van der Waals surface area contributed by atoms with Gasteiger partial charge in [0, 0.05) is 5.57 Å². The molecule has 2 heteroatoms. The number of aliphatic carboxylic acids is 1. The zero-order chi connectivity index (χ0) is 9.98. The highest BCUT2D eigenvalue weighted by molar-refractivity contribution is 5.84. The van der Waals surface area contributed by atoms with Crippen LogP contribution < -0.4 is 0 Å². The van der Waals surface area contributed by atoms with Gasteiger partial charge in [-0.25, -0.2) is 4.79 Å². The highest BCUT2D eigenvalue weighted by Crippen LogP contribution is 1.81. The average Bonchev–Trinajstić information content (AvgIpc) is 2.02. The normalized spacial score (nSPS) is 8.08. The summed E-state index contributed by atoms with van der Waals surface area (Å²) in [4.78, 5) is 9.60. The van der Waals surface area contributed by atoms with Crippen LogP contribution in [0.1, 0.15) is 6.92 Å². The van der Waals surface area contributed by atoms with Gasteiger partial charge in [0.05, 0.1) is 0 Å². The molecule has 0 aliphatic carbocycles. The maximum atomic E-state index is 9.60. The molecule has 12 heavy (non-hydrogen) atoms. The van der Waals surface area contributed by atoms with Crippen LogP contribution in [0.4, 0.5) is 0 Å². The Morgan fingerprint density at radius 1 is 1.25 bits per heavy atom. The van der Waals surface area contributed by atoms with E-state index >= 15 is 0 Å². The summed E-state index contributed by atoms with van der Waals surface area (Å²) in [6.45, 7) is 11.5. The van der Waals surface area contributed by atoms with Crippen molar-refractivity contribution < 1.29 is 9.90 Å². The van der Waals surface area contributed by atoms with E-state index in [2.05, 4.69) is 19.7 Å². The molecule has 0 aromatic heterocycles. The monoisotopic (exact) mass is 166 g/mol. The topological polar surface area (TPSA) is 37.3 Å². The third-order valence-electron chi connectivity index (χ3n) is 0.748. The molecule has 0 amide bonds. The van der Waals surface area contributed by atoms with Crippen LogP contribution in [0.5, 0.6) is 0 Å². The van der Waals surface area contributed by atoms with Gasteiger partial charge in [-0.3, -0.25) is 0 Å². The summed E-state index contributed by atoms with van der Waals surface area (Å²) >= 11 is 0. The first kappa shape index (κ1) is 13.1. The Morgan fingerprint density at radius 2 is 1.50 bits per heavy atom. The lowest BCUT2D eigenvalue weighted by Gasteiger charge is -1.79. The average molecular weight is 166 g/mol. The molecule has 0 atom stereocenters. The number of hydrogen-bond donors (Lipinski definition) is 1. The van der Waals surface area contributed by atoms with E-state index in [9.17, 15) is 4.79 Å². The molecule has 0 saturated carbocycles. The number of rotatable bonds is 3. The van der Waals surface area contributed by atoms with Gasteiger partial charge in [0.15, 0.2) is 0 Å². The molecule has 2 nitrogen and oxygen atoms in total. The molecular formula is C10H14O2. The molecule has 66 valence electrons. The van der Waals surface area contributed by atoms with Gasteiger partial charge in [0.1, 0.15) is 0 Å². The van der Waals surface area contributed by atoms with Crippen LogP contribution in [-0.4, -0.2) is 11.1 Å². The Labute approximate surface area is 73.2 Å². The summed E-state index contributed by atoms with van der Waals surface area (Å²) < 4.78 is 0. The minimum atomic E-state index is -0.935. The van der Waals surface area contributed by atoms with Crippen molar-refractivity contribution in [3.05, 3.63) is 49.6 Å². The summed E-state index contributed by atoms with van der Waals surface area (Å²) in [7, 11) is 0. The number of carboxylic acid groups (broad SMARTS) is 1. The first-order chi connectivity index (χ1) is 5.56. The standard InChI is InChI=1S/C6H8.C4H6O2/c1-3-5-6-4-2;1-3(2)4(5)6/h3-6H,1-2H2;1H2,2H3,(H,5,6). The first-order valence-corrected chi connectivity index (χ1v) is 3.35. The Bertz CT molecular complexity index is 178. The van der Waals surface area contributed by atoms with Crippen LogP contribution in [0.15, 0.2) is 49.6 Å². The number of carboxylic acids is 1. The molecule has 0 bridgehead atoms. The third-order valence-corrected chi connectivity index (χ3v) is 0.748. The molecule has 0 aliphatic rings. The lowest BCUT2D eigenvalue weighted by atomic mass is 10.4. The van der Waals surface area contributed by atoms with E-state index < -0.39 is 5.97 Å². The summed E-state index contributed by atoms with van der Waals surface area (Å²) in [6, 6.07) is 0. The third kappa shape index (κ3) is 15.8. The lowest BCUT2D eigenvalue weighted by molar-refractivity contribution is -0.132. The van der Waals surface area contributed by atoms with Crippen LogP contribution in [0.25, 0.3) is 0 Å². The fourth-order valence-electron chi connectivity index (χ4n) is 0.157. The predicted molar refractivity (Wildman–Crippen MR) is 52.0 cm³/mol. The van der Waals surface area contributed by atoms with Crippen molar-refractivity contribution in [2.75, 3.05) is 0 Å². The first-order valence-electron chi connectivity index (χ1n) is 3.35. The molecule has 0 aromatic rings. The van der Waals surface area contributed by atoms with E-state index in [4.69, 9.17) is 5.11 Å². The minimum Gasteiger partial charge on any atom is -0.478 e. The number of hydrogen-bond acceptors (Lipinski definition) is 1. The van der Waals surface area contributed by atoms with Crippen LogP contribution in [0, 0.1) is 0 Å². The second kappa shape index (κ2) is 9.43. The maximum absolute atomic E-state index is 9.60. The van der Waals surface area contributed by atoms with Gasteiger partial charge in [0.2, 0.25) is 0 Å². The van der Waals surface area contributed by atoms with Gasteiger partial charge in [-0.05, 0) is 6.92 Å². The van der Waals surface area contributed by atoms with Crippen molar-refractivity contribution in [1.29, 1.82) is 0 Å². The largest absolute Gasteiger partial charge is 0.478 e. The quantitative estimate of drug-likeness (QED) is 0.516. The summed E-state index contributed by atoms with van der Waals surface area (Å²) in [6.07, 6.45) is 7.07. The fraction of sp³-hybridized carbons (Fsp3) is 0.100. The summed E-state index contributed by atoms with van der Waals surface area (Å²) in [5, 5.41) is 7.89. The molecule has 0 aromatic carbocycles. The Kier molecular flexibility index (Phi) is 10.3. The van der Waals surface area contributed by atoms with E-state index in [1.54, 1.807) is 12.2 Å². The predicted octanol–water partition coefficient (Wildman–Crippen LogP) is 2.56. The number of allylic oxidation sites excluding steroid dienone is 4. The molecule has 0 aliphatic heterocycles. The lowest BCUT2D eigenvalue weighted by Crippen LogP contribution is -1.92. The maximum Gasteiger partial charge on any atom is 0.330 e. The molecule has 0 unspecified atom stereocenters. The van der Waals surface area contributed by atoms with Gasteiger partial charge in [-0.15, -0.1) is 0 Å². The van der Waals surface area contributed by atoms with E-state index in [0.29, 0.717) is 0 Å². The zero-order valence-corrected chi connectivity index (χ0v) is 7.29. The van der Waals surface area contributed by atoms with Crippen molar-refractivity contribution in [2.45, 2.75) is 6.92 Å². The van der Waals surface area contributed by atoms with Gasteiger partial charge in [-0.2, -0.15) is 0 Å². The summed E-state index contributed by atoms with van der Waals surface area (Å²) in [5.74, 6) is -0.935. The van der Waals surface area contributed by atoms with Gasteiger partial charge in [0.25, 0.3) is 0 Å². The highest BCUT2D eigenvalue weighted by Gasteiger charge is 1.90. The van der Waals surface area contributed by atoms with Gasteiger partial charge in [-0.1, -0.05) is 44.0 Å². The number of carbonyl (C=O) groups is 1. The van der Waals surface area contributed by atoms with E-state index in [0.717, 1.165) is 0 Å². The van der Waals surface area contributed by atoms with Crippen LogP contribution >= 0.6 is 0 Å². The van der Waals surface area contributed by atoms with Crippen molar-refractivity contribution in [3.63, 3.8) is 0 Å². The van der Waals surface area contributed by atoms with E-state index in [1.165, 1.54) is 6.92 Å². The minimum absolute atomic E-state index is 0.176.